The quantitative estimate of drug-likeness (QED) is 0.828. The molecular formula is C14H15N3O3. The Labute approximate surface area is 116 Å². The number of nitrogens with one attached hydrogen (secondary N) is 1. The van der Waals surface area contributed by atoms with E-state index in [9.17, 15) is 14.7 Å². The largest absolute Gasteiger partial charge is 0.479 e. The summed E-state index contributed by atoms with van der Waals surface area (Å²) in [5, 5.41) is 11.7. The molecule has 1 heterocycles. The van der Waals surface area contributed by atoms with E-state index >= 15 is 0 Å². The molecule has 1 aromatic heterocycles. The van der Waals surface area contributed by atoms with Crippen molar-refractivity contribution in [2.24, 2.45) is 0 Å². The Hall–Kier alpha value is -2.63. The third-order valence-corrected chi connectivity index (χ3v) is 2.84. The fraction of sp³-hybridized carbons (Fsp3) is 0.214. The number of carbonyl (C=O) groups excluding carboxylic acids is 1. The average molecular weight is 273 g/mol. The summed E-state index contributed by atoms with van der Waals surface area (Å²) in [6, 6.07) is 7.60. The minimum absolute atomic E-state index is 0.201. The van der Waals surface area contributed by atoms with Crippen LogP contribution in [0.4, 0.5) is 0 Å². The van der Waals surface area contributed by atoms with Crippen molar-refractivity contribution in [1.29, 1.82) is 0 Å². The van der Waals surface area contributed by atoms with Crippen LogP contribution in [-0.2, 0) is 16.1 Å². The third kappa shape index (κ3) is 3.68. The van der Waals surface area contributed by atoms with Crippen LogP contribution in [0.3, 0.4) is 0 Å². The molecule has 0 bridgehead atoms. The van der Waals surface area contributed by atoms with E-state index in [4.69, 9.17) is 0 Å². The number of hydrogen-bond acceptors (Lipinski definition) is 3. The Morgan fingerprint density at radius 3 is 2.65 bits per heavy atom. The predicted octanol–water partition coefficient (Wildman–Crippen LogP) is 1.22. The highest BCUT2D eigenvalue weighted by Gasteiger charge is 2.21. The molecule has 2 N–H and O–H groups in total. The molecule has 20 heavy (non-hydrogen) atoms. The van der Waals surface area contributed by atoms with Gasteiger partial charge >= 0.3 is 5.97 Å². The van der Waals surface area contributed by atoms with E-state index in [0.717, 1.165) is 0 Å². The molecule has 0 spiro atoms. The molecule has 6 nitrogen and oxygen atoms in total. The number of benzene rings is 1. The molecule has 0 aliphatic rings. The Bertz CT molecular complexity index is 567. The van der Waals surface area contributed by atoms with Crippen LogP contribution in [0.1, 0.15) is 18.0 Å². The van der Waals surface area contributed by atoms with Gasteiger partial charge in [-0.05, 0) is 5.56 Å². The summed E-state index contributed by atoms with van der Waals surface area (Å²) in [6.45, 7) is 0.465. The standard InChI is InChI=1S/C14H15N3O3/c18-12(6-8-17-9-7-15-10-17)16-13(14(19)20)11-4-2-1-3-5-11/h1-5,7,9-10,13H,6,8H2,(H,16,18)(H,19,20)/t13-/m0/s1. The van der Waals surface area contributed by atoms with Gasteiger partial charge in [-0.1, -0.05) is 30.3 Å². The van der Waals surface area contributed by atoms with Crippen molar-refractivity contribution in [3.8, 4) is 0 Å². The first-order valence-electron chi connectivity index (χ1n) is 6.19. The van der Waals surface area contributed by atoms with Gasteiger partial charge in [-0.15, -0.1) is 0 Å². The van der Waals surface area contributed by atoms with Crippen LogP contribution in [0.25, 0.3) is 0 Å². The van der Waals surface area contributed by atoms with Crippen LogP contribution in [0.5, 0.6) is 0 Å². The van der Waals surface area contributed by atoms with Crippen molar-refractivity contribution in [3.05, 3.63) is 54.6 Å². The topological polar surface area (TPSA) is 84.2 Å². The zero-order chi connectivity index (χ0) is 14.4. The Morgan fingerprint density at radius 1 is 1.30 bits per heavy atom. The second-order valence-electron chi connectivity index (χ2n) is 4.30. The highest BCUT2D eigenvalue weighted by atomic mass is 16.4. The lowest BCUT2D eigenvalue weighted by molar-refractivity contribution is -0.142. The lowest BCUT2D eigenvalue weighted by Gasteiger charge is -2.14. The number of aromatic nitrogens is 2. The zero-order valence-corrected chi connectivity index (χ0v) is 10.8. The summed E-state index contributed by atoms with van der Waals surface area (Å²) in [5.41, 5.74) is 0.552. The second-order valence-corrected chi connectivity index (χ2v) is 4.30. The monoisotopic (exact) mass is 273 g/mol. The number of aryl methyl sites for hydroxylation is 1. The van der Waals surface area contributed by atoms with Crippen LogP contribution in [0.15, 0.2) is 49.1 Å². The first-order chi connectivity index (χ1) is 9.66. The highest BCUT2D eigenvalue weighted by Crippen LogP contribution is 2.12. The van der Waals surface area contributed by atoms with Gasteiger partial charge in [-0.3, -0.25) is 4.79 Å². The molecule has 0 unspecified atom stereocenters. The Balaban J connectivity index is 1.95. The van der Waals surface area contributed by atoms with Crippen LogP contribution in [0.2, 0.25) is 0 Å². The molecular weight excluding hydrogens is 258 g/mol. The van der Waals surface area contributed by atoms with E-state index in [0.29, 0.717) is 12.1 Å². The lowest BCUT2D eigenvalue weighted by Crippen LogP contribution is -2.34. The summed E-state index contributed by atoms with van der Waals surface area (Å²) < 4.78 is 1.76. The Morgan fingerprint density at radius 2 is 2.05 bits per heavy atom. The fourth-order valence-corrected chi connectivity index (χ4v) is 1.82. The minimum atomic E-state index is -1.08. The normalized spacial score (nSPS) is 11.8. The summed E-state index contributed by atoms with van der Waals surface area (Å²) in [6.07, 6.45) is 5.19. The first kappa shape index (κ1) is 13.8. The molecule has 0 fully saturated rings. The molecule has 6 heteroatoms. The predicted molar refractivity (Wildman–Crippen MR) is 71.8 cm³/mol. The van der Waals surface area contributed by atoms with Gasteiger partial charge in [0.25, 0.3) is 0 Å². The maximum absolute atomic E-state index is 11.8. The van der Waals surface area contributed by atoms with Gasteiger partial charge in [0, 0.05) is 25.4 Å². The van der Waals surface area contributed by atoms with E-state index in [1.165, 1.54) is 0 Å². The van der Waals surface area contributed by atoms with Gasteiger partial charge in [0.1, 0.15) is 0 Å². The van der Waals surface area contributed by atoms with Crippen molar-refractivity contribution in [2.45, 2.75) is 19.0 Å². The number of imidazole rings is 1. The van der Waals surface area contributed by atoms with Gasteiger partial charge < -0.3 is 15.0 Å². The molecule has 0 saturated heterocycles. The number of amides is 1. The van der Waals surface area contributed by atoms with Gasteiger partial charge in [0.2, 0.25) is 5.91 Å². The SMILES string of the molecule is O=C(CCn1ccnc1)N[C@H](C(=O)O)c1ccccc1. The second kappa shape index (κ2) is 6.51. The van der Waals surface area contributed by atoms with E-state index in [-0.39, 0.29) is 12.3 Å². The maximum Gasteiger partial charge on any atom is 0.330 e. The van der Waals surface area contributed by atoms with Crippen LogP contribution >= 0.6 is 0 Å². The third-order valence-electron chi connectivity index (χ3n) is 2.84. The molecule has 0 saturated carbocycles. The zero-order valence-electron chi connectivity index (χ0n) is 10.8. The number of hydrogen-bond donors (Lipinski definition) is 2. The summed E-state index contributed by atoms with van der Waals surface area (Å²) in [4.78, 5) is 26.9. The number of nitrogens with zero attached hydrogens (tertiary/aromatic N) is 2. The van der Waals surface area contributed by atoms with Gasteiger partial charge in [-0.25, -0.2) is 9.78 Å². The molecule has 104 valence electrons. The van der Waals surface area contributed by atoms with Crippen molar-refractivity contribution in [2.75, 3.05) is 0 Å². The van der Waals surface area contributed by atoms with Crippen molar-refractivity contribution >= 4 is 11.9 Å². The van der Waals surface area contributed by atoms with Crippen LogP contribution in [-0.4, -0.2) is 26.5 Å². The number of rotatable bonds is 6. The average Bonchev–Trinajstić information content (AvgIpc) is 2.96. The smallest absolute Gasteiger partial charge is 0.330 e. The number of aliphatic carboxylic acids is 1. The molecule has 2 aromatic rings. The minimum Gasteiger partial charge on any atom is -0.479 e. The summed E-state index contributed by atoms with van der Waals surface area (Å²) in [5.74, 6) is -1.39. The molecule has 0 aliphatic carbocycles. The maximum atomic E-state index is 11.8. The van der Waals surface area contributed by atoms with Crippen molar-refractivity contribution < 1.29 is 14.7 Å². The van der Waals surface area contributed by atoms with Crippen molar-refractivity contribution in [1.82, 2.24) is 14.9 Å². The van der Waals surface area contributed by atoms with Gasteiger partial charge in [0.05, 0.1) is 6.33 Å². The first-order valence-corrected chi connectivity index (χ1v) is 6.19. The Kier molecular flexibility index (Phi) is 4.49. The number of carbonyl (C=O) groups is 2. The van der Waals surface area contributed by atoms with Crippen molar-refractivity contribution in [3.63, 3.8) is 0 Å². The van der Waals surface area contributed by atoms with E-state index in [1.807, 2.05) is 0 Å². The van der Waals surface area contributed by atoms with E-state index in [2.05, 4.69) is 10.3 Å². The van der Waals surface area contributed by atoms with Crippen LogP contribution < -0.4 is 5.32 Å². The molecule has 2 rings (SSSR count). The summed E-state index contributed by atoms with van der Waals surface area (Å²) >= 11 is 0. The fourth-order valence-electron chi connectivity index (χ4n) is 1.82. The number of carboxylic acids is 1. The molecule has 0 radical (unpaired) electrons. The molecule has 1 amide bonds. The van der Waals surface area contributed by atoms with E-state index < -0.39 is 12.0 Å². The van der Waals surface area contributed by atoms with Gasteiger partial charge in [0.15, 0.2) is 6.04 Å². The summed E-state index contributed by atoms with van der Waals surface area (Å²) in [7, 11) is 0. The molecule has 1 atom stereocenters. The van der Waals surface area contributed by atoms with Crippen LogP contribution in [0, 0.1) is 0 Å². The number of carboxylic acid groups (broad SMARTS) is 1. The molecule has 1 aromatic carbocycles. The highest BCUT2D eigenvalue weighted by molar-refractivity contribution is 5.84. The van der Waals surface area contributed by atoms with E-state index in [1.54, 1.807) is 53.6 Å². The molecule has 0 aliphatic heterocycles. The lowest BCUT2D eigenvalue weighted by atomic mass is 10.1. The van der Waals surface area contributed by atoms with Gasteiger partial charge in [-0.2, -0.15) is 0 Å².